The molecule has 0 N–H and O–H groups in total. The summed E-state index contributed by atoms with van der Waals surface area (Å²) < 4.78 is 16.9. The average Bonchev–Trinajstić information content (AvgIpc) is 3.35. The second-order valence-electron chi connectivity index (χ2n) is 20.6. The van der Waals surface area contributed by atoms with Gasteiger partial charge >= 0.3 is 17.9 Å². The SMILES string of the molecule is CCCCC/C=C\CCCCCCCC(=O)OCC(COC(=O)CCCCCCCCCCC/C=C\C/C=C\CCCCCCC)OC(=O)CCCCCCCCCCCCCCCCCCCC. The third kappa shape index (κ3) is 56.4. The summed E-state index contributed by atoms with van der Waals surface area (Å²) in [6.07, 6.45) is 70.0. The van der Waals surface area contributed by atoms with Gasteiger partial charge in [-0.3, -0.25) is 14.4 Å². The van der Waals surface area contributed by atoms with Crippen molar-refractivity contribution < 1.29 is 28.6 Å². The Balaban J connectivity index is 4.29. The molecule has 0 heterocycles. The summed E-state index contributed by atoms with van der Waals surface area (Å²) in [5.41, 5.74) is 0. The van der Waals surface area contributed by atoms with Crippen LogP contribution in [0.3, 0.4) is 0 Å². The highest BCUT2D eigenvalue weighted by Crippen LogP contribution is 2.17. The molecule has 0 aromatic rings. The van der Waals surface area contributed by atoms with Crippen LogP contribution < -0.4 is 0 Å². The van der Waals surface area contributed by atoms with Crippen LogP contribution in [0.4, 0.5) is 0 Å². The molecule has 0 spiro atoms. The molecule has 0 fully saturated rings. The summed E-state index contributed by atoms with van der Waals surface area (Å²) in [4.78, 5) is 38.2. The number of allylic oxidation sites excluding steroid dienone is 6. The first-order valence-corrected chi connectivity index (χ1v) is 30.5. The third-order valence-corrected chi connectivity index (χ3v) is 13.6. The Labute approximate surface area is 429 Å². The number of carbonyl (C=O) groups is 3. The minimum atomic E-state index is -0.774. The van der Waals surface area contributed by atoms with Crippen LogP contribution in [0.1, 0.15) is 329 Å². The highest BCUT2D eigenvalue weighted by atomic mass is 16.6. The Kier molecular flexibility index (Phi) is 56.2. The summed E-state index contributed by atoms with van der Waals surface area (Å²) in [6.45, 7) is 6.64. The van der Waals surface area contributed by atoms with Crippen LogP contribution in [0.2, 0.25) is 0 Å². The molecule has 69 heavy (non-hydrogen) atoms. The van der Waals surface area contributed by atoms with E-state index in [-0.39, 0.29) is 31.1 Å². The fourth-order valence-electron chi connectivity index (χ4n) is 9.00. The standard InChI is InChI=1S/C63H116O6/c1-4-7-10-13-16-19-22-25-27-29-31-32-33-35-36-38-41-44-47-50-53-56-62(65)68-59-60(58-67-61(64)55-52-49-46-43-40-24-21-18-15-12-9-6-3)69-63(66)57-54-51-48-45-42-39-37-34-30-28-26-23-20-17-14-11-8-5-2/h18,21-22,25,29,31,60H,4-17,19-20,23-24,26-28,30,32-59H2,1-3H3/b21-18-,25-22-,31-29-. The van der Waals surface area contributed by atoms with Gasteiger partial charge in [0.1, 0.15) is 13.2 Å². The molecule has 0 saturated carbocycles. The van der Waals surface area contributed by atoms with Gasteiger partial charge in [-0.1, -0.05) is 269 Å². The van der Waals surface area contributed by atoms with Crippen LogP contribution in [-0.4, -0.2) is 37.2 Å². The smallest absolute Gasteiger partial charge is 0.306 e. The molecule has 0 aliphatic heterocycles. The molecule has 0 aliphatic carbocycles. The molecular formula is C63H116O6. The normalized spacial score (nSPS) is 12.2. The molecule has 0 aromatic carbocycles. The topological polar surface area (TPSA) is 78.9 Å². The second kappa shape index (κ2) is 58.2. The molecular weight excluding hydrogens is 853 g/mol. The van der Waals surface area contributed by atoms with Crippen molar-refractivity contribution in [2.75, 3.05) is 13.2 Å². The van der Waals surface area contributed by atoms with Gasteiger partial charge in [-0.25, -0.2) is 0 Å². The molecule has 6 nitrogen and oxygen atoms in total. The van der Waals surface area contributed by atoms with Crippen molar-refractivity contribution in [1.29, 1.82) is 0 Å². The molecule has 6 heteroatoms. The lowest BCUT2D eigenvalue weighted by atomic mass is 10.0. The molecule has 0 radical (unpaired) electrons. The summed E-state index contributed by atoms with van der Waals surface area (Å²) in [7, 11) is 0. The molecule has 404 valence electrons. The zero-order valence-electron chi connectivity index (χ0n) is 46.3. The minimum Gasteiger partial charge on any atom is -0.462 e. The summed E-state index contributed by atoms with van der Waals surface area (Å²) in [5.74, 6) is -0.866. The molecule has 0 bridgehead atoms. The van der Waals surface area contributed by atoms with Crippen LogP contribution in [0, 0.1) is 0 Å². The fraction of sp³-hybridized carbons (Fsp3) is 0.857. The van der Waals surface area contributed by atoms with Crippen molar-refractivity contribution in [1.82, 2.24) is 0 Å². The Morgan fingerprint density at radius 1 is 0.290 bits per heavy atom. The van der Waals surface area contributed by atoms with Crippen LogP contribution in [0.5, 0.6) is 0 Å². The lowest BCUT2D eigenvalue weighted by Crippen LogP contribution is -2.30. The predicted molar refractivity (Wildman–Crippen MR) is 298 cm³/mol. The molecule has 0 aliphatic rings. The van der Waals surface area contributed by atoms with Crippen molar-refractivity contribution in [2.24, 2.45) is 0 Å². The van der Waals surface area contributed by atoms with E-state index in [2.05, 4.69) is 57.2 Å². The van der Waals surface area contributed by atoms with Gasteiger partial charge in [0.15, 0.2) is 6.10 Å². The Morgan fingerprint density at radius 3 is 0.841 bits per heavy atom. The largest absolute Gasteiger partial charge is 0.462 e. The lowest BCUT2D eigenvalue weighted by molar-refractivity contribution is -0.167. The van der Waals surface area contributed by atoms with E-state index in [1.807, 2.05) is 0 Å². The van der Waals surface area contributed by atoms with Crippen LogP contribution >= 0.6 is 0 Å². The van der Waals surface area contributed by atoms with Gasteiger partial charge < -0.3 is 14.2 Å². The first kappa shape index (κ1) is 66.6. The van der Waals surface area contributed by atoms with Gasteiger partial charge in [0.05, 0.1) is 0 Å². The third-order valence-electron chi connectivity index (χ3n) is 13.6. The first-order valence-electron chi connectivity index (χ1n) is 30.5. The van der Waals surface area contributed by atoms with E-state index in [1.54, 1.807) is 0 Å². The number of esters is 3. The van der Waals surface area contributed by atoms with E-state index in [4.69, 9.17) is 14.2 Å². The Morgan fingerprint density at radius 2 is 0.522 bits per heavy atom. The van der Waals surface area contributed by atoms with Crippen molar-refractivity contribution in [2.45, 2.75) is 335 Å². The minimum absolute atomic E-state index is 0.0733. The first-order chi connectivity index (χ1) is 34.0. The highest BCUT2D eigenvalue weighted by Gasteiger charge is 2.19. The van der Waals surface area contributed by atoms with E-state index in [0.29, 0.717) is 19.3 Å². The summed E-state index contributed by atoms with van der Waals surface area (Å²) >= 11 is 0. The maximum atomic E-state index is 12.9. The number of hydrogen-bond acceptors (Lipinski definition) is 6. The van der Waals surface area contributed by atoms with Gasteiger partial charge in [0.2, 0.25) is 0 Å². The molecule has 0 amide bonds. The van der Waals surface area contributed by atoms with Crippen LogP contribution in [-0.2, 0) is 28.6 Å². The quantitative estimate of drug-likeness (QED) is 0.0261. The van der Waals surface area contributed by atoms with Gasteiger partial charge in [0, 0.05) is 19.3 Å². The number of hydrogen-bond donors (Lipinski definition) is 0. The summed E-state index contributed by atoms with van der Waals surface area (Å²) in [6, 6.07) is 0. The summed E-state index contributed by atoms with van der Waals surface area (Å²) in [5, 5.41) is 0. The number of rotatable bonds is 56. The molecule has 1 atom stereocenters. The van der Waals surface area contributed by atoms with Crippen LogP contribution in [0.25, 0.3) is 0 Å². The van der Waals surface area contributed by atoms with Crippen molar-refractivity contribution >= 4 is 17.9 Å². The predicted octanol–water partition coefficient (Wildman–Crippen LogP) is 20.4. The number of ether oxygens (including phenoxy) is 3. The lowest BCUT2D eigenvalue weighted by Gasteiger charge is -2.18. The maximum Gasteiger partial charge on any atom is 0.306 e. The number of carbonyl (C=O) groups excluding carboxylic acids is 3. The fourth-order valence-corrected chi connectivity index (χ4v) is 9.00. The van der Waals surface area contributed by atoms with E-state index >= 15 is 0 Å². The van der Waals surface area contributed by atoms with Crippen LogP contribution in [0.15, 0.2) is 36.5 Å². The van der Waals surface area contributed by atoms with Gasteiger partial charge in [-0.05, 0) is 77.0 Å². The van der Waals surface area contributed by atoms with E-state index in [0.717, 1.165) is 70.6 Å². The second-order valence-corrected chi connectivity index (χ2v) is 20.6. The molecule has 0 aromatic heterocycles. The van der Waals surface area contributed by atoms with Crippen molar-refractivity contribution in [3.63, 3.8) is 0 Å². The average molecular weight is 970 g/mol. The number of unbranched alkanes of at least 4 members (excludes halogenated alkanes) is 39. The Bertz CT molecular complexity index is 1160. The Hall–Kier alpha value is -2.37. The van der Waals surface area contributed by atoms with Crippen molar-refractivity contribution in [3.8, 4) is 0 Å². The van der Waals surface area contributed by atoms with Gasteiger partial charge in [0.25, 0.3) is 0 Å². The van der Waals surface area contributed by atoms with E-state index in [1.165, 1.54) is 218 Å². The van der Waals surface area contributed by atoms with Gasteiger partial charge in [-0.15, -0.1) is 0 Å². The maximum absolute atomic E-state index is 12.9. The zero-order valence-corrected chi connectivity index (χ0v) is 46.3. The van der Waals surface area contributed by atoms with E-state index in [9.17, 15) is 14.4 Å². The highest BCUT2D eigenvalue weighted by molar-refractivity contribution is 5.71. The molecule has 0 rings (SSSR count). The zero-order chi connectivity index (χ0) is 50.0. The monoisotopic (exact) mass is 969 g/mol. The molecule has 0 saturated heterocycles. The van der Waals surface area contributed by atoms with Crippen molar-refractivity contribution in [3.05, 3.63) is 36.5 Å². The van der Waals surface area contributed by atoms with E-state index < -0.39 is 6.10 Å². The van der Waals surface area contributed by atoms with Gasteiger partial charge in [-0.2, -0.15) is 0 Å². The molecule has 1 unspecified atom stereocenters.